The smallest absolute Gasteiger partial charge is 0.190 e. The van der Waals surface area contributed by atoms with Gasteiger partial charge in [-0.3, -0.25) is 14.4 Å². The van der Waals surface area contributed by atoms with Crippen LogP contribution in [-0.4, -0.2) is 44.6 Å². The van der Waals surface area contributed by atoms with Crippen molar-refractivity contribution in [3.05, 3.63) is 23.8 Å². The highest BCUT2D eigenvalue weighted by Crippen LogP contribution is 2.67. The van der Waals surface area contributed by atoms with Crippen LogP contribution >= 0.6 is 15.9 Å². The average Bonchev–Trinajstić information content (AvgIpc) is 2.83. The number of hydrogen-bond acceptors (Lipinski definition) is 5. The largest absolute Gasteiger partial charge is 0.388 e. The van der Waals surface area contributed by atoms with Gasteiger partial charge in [-0.05, 0) is 48.3 Å². The first-order valence-corrected chi connectivity index (χ1v) is 10.9. The molecule has 3 fully saturated rings. The highest BCUT2D eigenvalue weighted by Gasteiger charge is 2.71. The molecular weight excluding hydrogens is 424 g/mol. The number of aliphatic hydroxyl groups is 2. The van der Waals surface area contributed by atoms with Gasteiger partial charge in [0.2, 0.25) is 0 Å². The fourth-order valence-corrected chi connectivity index (χ4v) is 8.15. The summed E-state index contributed by atoms with van der Waals surface area (Å²) in [7, 11) is 0. The Labute approximate surface area is 173 Å². The van der Waals surface area contributed by atoms with Gasteiger partial charge < -0.3 is 10.2 Å². The predicted octanol–water partition coefficient (Wildman–Crippen LogP) is 2.39. The molecule has 3 saturated carbocycles. The summed E-state index contributed by atoms with van der Waals surface area (Å²) in [5.74, 6) is -1.20. The van der Waals surface area contributed by atoms with Crippen LogP contribution < -0.4 is 0 Å². The molecule has 0 spiro atoms. The fraction of sp³-hybridized carbons (Fsp3) is 0.682. The monoisotopic (exact) mass is 450 g/mol. The number of fused-ring (bicyclic) bond motifs is 5. The highest BCUT2D eigenvalue weighted by molar-refractivity contribution is 9.09. The molecule has 0 aromatic heterocycles. The van der Waals surface area contributed by atoms with E-state index in [1.165, 1.54) is 0 Å². The molecule has 152 valence electrons. The molecule has 0 heterocycles. The fourth-order valence-electron chi connectivity index (χ4n) is 7.09. The summed E-state index contributed by atoms with van der Waals surface area (Å²) in [5.41, 5.74) is -2.16. The van der Waals surface area contributed by atoms with Crippen molar-refractivity contribution < 1.29 is 24.6 Å². The zero-order valence-electron chi connectivity index (χ0n) is 16.4. The lowest BCUT2D eigenvalue weighted by atomic mass is 9.46. The lowest BCUT2D eigenvalue weighted by molar-refractivity contribution is -0.173. The van der Waals surface area contributed by atoms with Crippen molar-refractivity contribution >= 4 is 33.3 Å². The normalized spacial score (nSPS) is 49.9. The van der Waals surface area contributed by atoms with E-state index in [2.05, 4.69) is 15.9 Å². The van der Waals surface area contributed by atoms with E-state index in [-0.39, 0.29) is 46.5 Å². The lowest BCUT2D eigenvalue weighted by Crippen LogP contribution is -2.62. The summed E-state index contributed by atoms with van der Waals surface area (Å²) < 4.78 is 0. The van der Waals surface area contributed by atoms with E-state index >= 15 is 0 Å². The zero-order chi connectivity index (χ0) is 20.6. The summed E-state index contributed by atoms with van der Waals surface area (Å²) in [4.78, 5) is 38.0. The van der Waals surface area contributed by atoms with Crippen LogP contribution in [0.2, 0.25) is 0 Å². The van der Waals surface area contributed by atoms with Crippen molar-refractivity contribution in [3.8, 4) is 0 Å². The van der Waals surface area contributed by atoms with Gasteiger partial charge in [-0.15, -0.1) is 0 Å². The van der Waals surface area contributed by atoms with Gasteiger partial charge in [0.05, 0.1) is 0 Å². The maximum Gasteiger partial charge on any atom is 0.190 e. The van der Waals surface area contributed by atoms with Gasteiger partial charge in [-0.25, -0.2) is 0 Å². The number of rotatable bonds is 2. The van der Waals surface area contributed by atoms with Crippen LogP contribution in [0.1, 0.15) is 40.0 Å². The standard InChI is InChI=1S/C22H27BrO5/c1-11-6-14-13-8-16(23)15-7-12(25)4-5-20(15,2)19(13)17(26)9-21(14,3)22(11,28)18(27)10-24/h4-5,7,11,13-14,16,19,24,28H,6,8-10H2,1-3H3/t11?,13-,14-,16?,19+,20-,21-,22-/m0/s1. The van der Waals surface area contributed by atoms with Gasteiger partial charge in [-0.2, -0.15) is 0 Å². The molecule has 5 nitrogen and oxygen atoms in total. The maximum atomic E-state index is 13.5. The molecule has 0 bridgehead atoms. The minimum atomic E-state index is -1.69. The van der Waals surface area contributed by atoms with Crippen molar-refractivity contribution in [3.63, 3.8) is 0 Å². The van der Waals surface area contributed by atoms with Crippen molar-refractivity contribution in [1.29, 1.82) is 0 Å². The molecule has 4 aliphatic rings. The van der Waals surface area contributed by atoms with Crippen LogP contribution in [0.5, 0.6) is 0 Å². The quantitative estimate of drug-likeness (QED) is 0.630. The number of aliphatic hydroxyl groups excluding tert-OH is 1. The Kier molecular flexibility index (Phi) is 4.46. The minimum absolute atomic E-state index is 0.00130. The van der Waals surface area contributed by atoms with Gasteiger partial charge in [0.15, 0.2) is 11.6 Å². The Morgan fingerprint density at radius 2 is 1.96 bits per heavy atom. The second-order valence-corrected chi connectivity index (χ2v) is 10.7. The Balaban J connectivity index is 1.82. The summed E-state index contributed by atoms with van der Waals surface area (Å²) in [6.45, 7) is 5.00. The molecule has 8 atom stereocenters. The van der Waals surface area contributed by atoms with E-state index in [0.29, 0.717) is 12.8 Å². The molecule has 0 aromatic carbocycles. The summed E-state index contributed by atoms with van der Waals surface area (Å²) in [6.07, 6.45) is 6.53. The first-order valence-electron chi connectivity index (χ1n) is 9.99. The number of halogens is 1. The second kappa shape index (κ2) is 6.19. The first-order chi connectivity index (χ1) is 13.0. The third kappa shape index (κ3) is 2.28. The van der Waals surface area contributed by atoms with Gasteiger partial charge in [-0.1, -0.05) is 42.8 Å². The number of alkyl halides is 1. The van der Waals surface area contributed by atoms with Crippen LogP contribution in [0.4, 0.5) is 0 Å². The van der Waals surface area contributed by atoms with Crippen LogP contribution in [0, 0.1) is 34.5 Å². The van der Waals surface area contributed by atoms with E-state index < -0.39 is 28.8 Å². The molecule has 0 amide bonds. The Morgan fingerprint density at radius 3 is 2.61 bits per heavy atom. The molecule has 0 saturated heterocycles. The van der Waals surface area contributed by atoms with Crippen molar-refractivity contribution in [2.24, 2.45) is 34.5 Å². The molecule has 2 unspecified atom stereocenters. The minimum Gasteiger partial charge on any atom is -0.388 e. The summed E-state index contributed by atoms with van der Waals surface area (Å²) in [6, 6.07) is 0. The molecule has 28 heavy (non-hydrogen) atoms. The van der Waals surface area contributed by atoms with Crippen LogP contribution in [0.3, 0.4) is 0 Å². The van der Waals surface area contributed by atoms with Gasteiger partial charge in [0.25, 0.3) is 0 Å². The van der Waals surface area contributed by atoms with E-state index in [1.807, 2.05) is 26.8 Å². The van der Waals surface area contributed by atoms with Crippen LogP contribution in [0.25, 0.3) is 0 Å². The van der Waals surface area contributed by atoms with Crippen molar-refractivity contribution in [2.45, 2.75) is 50.5 Å². The first kappa shape index (κ1) is 20.2. The molecule has 6 heteroatoms. The SMILES string of the molecule is CC1C[C@H]2[C@@H]3CC(Br)C4=CC(=O)C=C[C@]4(C)[C@H]3C(=O)C[C@]2(C)[C@@]1(O)C(=O)CO. The second-order valence-electron chi connectivity index (χ2n) is 9.61. The molecule has 4 aliphatic carbocycles. The van der Waals surface area contributed by atoms with Gasteiger partial charge >= 0.3 is 0 Å². The molecule has 0 radical (unpaired) electrons. The van der Waals surface area contributed by atoms with Gasteiger partial charge in [0.1, 0.15) is 18.0 Å². The summed E-state index contributed by atoms with van der Waals surface area (Å²) >= 11 is 3.74. The third-order valence-corrected chi connectivity index (χ3v) is 9.26. The van der Waals surface area contributed by atoms with E-state index in [9.17, 15) is 24.6 Å². The van der Waals surface area contributed by atoms with Crippen LogP contribution in [0.15, 0.2) is 23.8 Å². The molecule has 0 aromatic rings. The number of carbonyl (C=O) groups excluding carboxylic acids is 3. The Bertz CT molecular complexity index is 831. The third-order valence-electron chi connectivity index (χ3n) is 8.39. The summed E-state index contributed by atoms with van der Waals surface area (Å²) in [5, 5.41) is 20.9. The van der Waals surface area contributed by atoms with Crippen molar-refractivity contribution in [1.82, 2.24) is 0 Å². The Hall–Kier alpha value is -1.11. The highest BCUT2D eigenvalue weighted by atomic mass is 79.9. The van der Waals surface area contributed by atoms with E-state index in [0.717, 1.165) is 5.57 Å². The molecule has 0 aliphatic heterocycles. The van der Waals surface area contributed by atoms with Crippen LogP contribution in [-0.2, 0) is 14.4 Å². The lowest BCUT2D eigenvalue weighted by Gasteiger charge is -2.57. The van der Waals surface area contributed by atoms with Gasteiger partial charge in [0, 0.05) is 28.0 Å². The molecule has 2 N–H and O–H groups in total. The number of hydrogen-bond donors (Lipinski definition) is 2. The topological polar surface area (TPSA) is 91.7 Å². The predicted molar refractivity (Wildman–Crippen MR) is 107 cm³/mol. The number of ketones is 3. The zero-order valence-corrected chi connectivity index (χ0v) is 18.0. The van der Waals surface area contributed by atoms with E-state index in [4.69, 9.17) is 0 Å². The Morgan fingerprint density at radius 1 is 1.29 bits per heavy atom. The van der Waals surface area contributed by atoms with E-state index in [1.54, 1.807) is 12.2 Å². The number of Topliss-reactive ketones (excluding diaryl/α,β-unsaturated/α-hetero) is 2. The van der Waals surface area contributed by atoms with Crippen molar-refractivity contribution in [2.75, 3.05) is 6.61 Å². The molecule has 4 rings (SSSR count). The number of allylic oxidation sites excluding steroid dienone is 4. The average molecular weight is 451 g/mol. The maximum absolute atomic E-state index is 13.5. The molecular formula is C22H27BrO5. The number of carbonyl (C=O) groups is 3.